The van der Waals surface area contributed by atoms with E-state index in [4.69, 9.17) is 10.5 Å². The molecule has 1 unspecified atom stereocenters. The monoisotopic (exact) mass is 296 g/mol. The minimum Gasteiger partial charge on any atom is -0.484 e. The zero-order valence-electron chi connectivity index (χ0n) is 12.3. The van der Waals surface area contributed by atoms with Gasteiger partial charge in [0.05, 0.1) is 6.10 Å². The van der Waals surface area contributed by atoms with Gasteiger partial charge in [0.1, 0.15) is 0 Å². The van der Waals surface area contributed by atoms with Gasteiger partial charge in [0.2, 0.25) is 0 Å². The number of hydrogen-bond donors (Lipinski definition) is 1. The molecule has 0 bridgehead atoms. The number of nitrogens with zero attached hydrogens (tertiary/aromatic N) is 3. The first-order chi connectivity index (χ1) is 9.65. The average Bonchev–Trinajstić information content (AvgIpc) is 2.92. The summed E-state index contributed by atoms with van der Waals surface area (Å²) >= 11 is 1.48. The number of rotatable bonds is 3. The molecule has 0 radical (unpaired) electrons. The fraction of sp³-hybridized carbons (Fsp3) is 0.786. The number of anilines is 2. The first kappa shape index (κ1) is 13.9. The van der Waals surface area contributed by atoms with Gasteiger partial charge in [-0.2, -0.15) is 4.37 Å². The zero-order valence-corrected chi connectivity index (χ0v) is 13.2. The van der Waals surface area contributed by atoms with E-state index in [-0.39, 0.29) is 6.10 Å². The summed E-state index contributed by atoms with van der Waals surface area (Å²) in [6, 6.07) is 0.688. The van der Waals surface area contributed by atoms with Crippen LogP contribution in [0.5, 0.6) is 5.75 Å². The molecule has 0 spiro atoms. The normalized spacial score (nSPS) is 23.9. The van der Waals surface area contributed by atoms with E-state index in [2.05, 4.69) is 14.2 Å². The Morgan fingerprint density at radius 2 is 2.10 bits per heavy atom. The lowest BCUT2D eigenvalue weighted by molar-refractivity contribution is 0.244. The number of nitrogens with two attached hydrogens (primary N) is 1. The van der Waals surface area contributed by atoms with Crippen molar-refractivity contribution in [2.45, 2.75) is 45.3 Å². The summed E-state index contributed by atoms with van der Waals surface area (Å²) in [5, 5.41) is 1.12. The molecule has 2 aliphatic rings. The third-order valence-electron chi connectivity index (χ3n) is 4.10. The number of aromatic nitrogens is 1. The second kappa shape index (κ2) is 5.77. The van der Waals surface area contributed by atoms with Crippen LogP contribution in [0.2, 0.25) is 0 Å². The van der Waals surface area contributed by atoms with Crippen LogP contribution in [-0.4, -0.2) is 47.6 Å². The molecule has 2 aliphatic heterocycles. The molecule has 5 nitrogen and oxygen atoms in total. The molecule has 0 aliphatic carbocycles. The van der Waals surface area contributed by atoms with Crippen molar-refractivity contribution >= 4 is 22.4 Å². The third-order valence-corrected chi connectivity index (χ3v) is 5.01. The molecule has 3 rings (SSSR count). The molecular formula is C14H24N4OS. The van der Waals surface area contributed by atoms with Crippen LogP contribution in [-0.2, 0) is 0 Å². The maximum absolute atomic E-state index is 5.98. The topological polar surface area (TPSA) is 54.6 Å². The number of fused-ring (bicyclic) bond motifs is 1. The molecule has 1 aromatic heterocycles. The highest BCUT2D eigenvalue weighted by molar-refractivity contribution is 7.11. The Bertz CT molecular complexity index is 462. The maximum Gasteiger partial charge on any atom is 0.198 e. The zero-order chi connectivity index (χ0) is 14.1. The summed E-state index contributed by atoms with van der Waals surface area (Å²) in [5.41, 5.74) is 5.98. The smallest absolute Gasteiger partial charge is 0.198 e. The molecule has 2 fully saturated rings. The van der Waals surface area contributed by atoms with Crippen LogP contribution in [0.4, 0.5) is 10.8 Å². The summed E-state index contributed by atoms with van der Waals surface area (Å²) in [5.74, 6) is 1.32. The Morgan fingerprint density at radius 1 is 1.30 bits per heavy atom. The van der Waals surface area contributed by atoms with Gasteiger partial charge in [-0.1, -0.05) is 0 Å². The lowest BCUT2D eigenvalue weighted by atomic mass is 10.2. The SMILES string of the molecule is CC(C)Oc1c(N)nsc1N1CCCN2CCCC2C1. The lowest BCUT2D eigenvalue weighted by Gasteiger charge is -2.26. The van der Waals surface area contributed by atoms with Crippen molar-refractivity contribution in [1.29, 1.82) is 0 Å². The van der Waals surface area contributed by atoms with Crippen LogP contribution >= 0.6 is 11.5 Å². The average molecular weight is 296 g/mol. The highest BCUT2D eigenvalue weighted by atomic mass is 32.1. The summed E-state index contributed by atoms with van der Waals surface area (Å²) in [4.78, 5) is 5.06. The quantitative estimate of drug-likeness (QED) is 0.926. The molecule has 112 valence electrons. The Labute approximate surface area is 124 Å². The molecule has 1 aromatic rings. The first-order valence-electron chi connectivity index (χ1n) is 7.56. The van der Waals surface area contributed by atoms with Crippen LogP contribution in [0.1, 0.15) is 33.1 Å². The largest absolute Gasteiger partial charge is 0.484 e. The highest BCUT2D eigenvalue weighted by Crippen LogP contribution is 2.40. The first-order valence-corrected chi connectivity index (χ1v) is 8.33. The van der Waals surface area contributed by atoms with Gasteiger partial charge in [-0.05, 0) is 51.2 Å². The standard InChI is InChI=1S/C14H24N4OS/c1-10(2)19-12-13(15)16-20-14(12)18-8-4-7-17-6-3-5-11(17)9-18/h10-11H,3-9H2,1-2H3,(H2,15,16). The molecular weight excluding hydrogens is 272 g/mol. The predicted molar refractivity (Wildman–Crippen MR) is 83.7 cm³/mol. The van der Waals surface area contributed by atoms with Crippen LogP contribution in [0.15, 0.2) is 0 Å². The number of nitrogen functional groups attached to an aromatic ring is 1. The van der Waals surface area contributed by atoms with Crippen LogP contribution in [0, 0.1) is 0 Å². The molecule has 3 heterocycles. The van der Waals surface area contributed by atoms with Crippen LogP contribution < -0.4 is 15.4 Å². The second-order valence-electron chi connectivity index (χ2n) is 6.00. The molecule has 0 saturated carbocycles. The molecule has 20 heavy (non-hydrogen) atoms. The molecule has 1 atom stereocenters. The summed E-state index contributed by atoms with van der Waals surface area (Å²) in [7, 11) is 0. The second-order valence-corrected chi connectivity index (χ2v) is 6.75. The van der Waals surface area contributed by atoms with Crippen molar-refractivity contribution in [3.05, 3.63) is 0 Å². The maximum atomic E-state index is 5.98. The Hall–Kier alpha value is -1.01. The fourth-order valence-electron chi connectivity index (χ4n) is 3.22. The minimum absolute atomic E-state index is 0.127. The van der Waals surface area contributed by atoms with E-state index in [1.54, 1.807) is 0 Å². The third kappa shape index (κ3) is 2.72. The summed E-state index contributed by atoms with van der Waals surface area (Å²) in [6.45, 7) is 8.69. The molecule has 0 amide bonds. The van der Waals surface area contributed by atoms with Crippen molar-refractivity contribution in [1.82, 2.24) is 9.27 Å². The Kier molecular flexibility index (Phi) is 4.03. The van der Waals surface area contributed by atoms with E-state index in [1.165, 1.54) is 43.9 Å². The van der Waals surface area contributed by atoms with Gasteiger partial charge in [0, 0.05) is 25.7 Å². The van der Waals surface area contributed by atoms with Gasteiger partial charge in [-0.15, -0.1) is 0 Å². The van der Waals surface area contributed by atoms with Gasteiger partial charge in [0.15, 0.2) is 16.6 Å². The van der Waals surface area contributed by atoms with Gasteiger partial charge in [-0.3, -0.25) is 4.90 Å². The summed E-state index contributed by atoms with van der Waals surface area (Å²) < 4.78 is 10.2. The summed E-state index contributed by atoms with van der Waals surface area (Å²) in [6.07, 6.45) is 3.97. The van der Waals surface area contributed by atoms with E-state index in [0.29, 0.717) is 11.9 Å². The van der Waals surface area contributed by atoms with E-state index < -0.39 is 0 Å². The molecule has 2 N–H and O–H groups in total. The Morgan fingerprint density at radius 3 is 2.90 bits per heavy atom. The Balaban J connectivity index is 1.81. The predicted octanol–water partition coefficient (Wildman–Crippen LogP) is 2.19. The lowest BCUT2D eigenvalue weighted by Crippen LogP contribution is -2.36. The van der Waals surface area contributed by atoms with Crippen LogP contribution in [0.3, 0.4) is 0 Å². The van der Waals surface area contributed by atoms with E-state index in [1.807, 2.05) is 13.8 Å². The highest BCUT2D eigenvalue weighted by Gasteiger charge is 2.31. The van der Waals surface area contributed by atoms with E-state index in [0.717, 1.165) is 23.8 Å². The molecule has 0 aromatic carbocycles. The van der Waals surface area contributed by atoms with Gasteiger partial charge < -0.3 is 15.4 Å². The number of ether oxygens (including phenoxy) is 1. The van der Waals surface area contributed by atoms with Crippen LogP contribution in [0.25, 0.3) is 0 Å². The van der Waals surface area contributed by atoms with Gasteiger partial charge in [0.25, 0.3) is 0 Å². The molecule has 2 saturated heterocycles. The van der Waals surface area contributed by atoms with Crippen molar-refractivity contribution in [3.8, 4) is 5.75 Å². The van der Waals surface area contributed by atoms with Crippen molar-refractivity contribution in [2.24, 2.45) is 0 Å². The van der Waals surface area contributed by atoms with Crippen molar-refractivity contribution in [3.63, 3.8) is 0 Å². The number of hydrogen-bond acceptors (Lipinski definition) is 6. The van der Waals surface area contributed by atoms with Gasteiger partial charge in [-0.25, -0.2) is 0 Å². The minimum atomic E-state index is 0.127. The van der Waals surface area contributed by atoms with Crippen molar-refractivity contribution in [2.75, 3.05) is 36.8 Å². The van der Waals surface area contributed by atoms with E-state index >= 15 is 0 Å². The van der Waals surface area contributed by atoms with E-state index in [9.17, 15) is 0 Å². The van der Waals surface area contributed by atoms with Crippen molar-refractivity contribution < 1.29 is 4.74 Å². The fourth-order valence-corrected chi connectivity index (χ4v) is 4.01. The molecule has 6 heteroatoms. The van der Waals surface area contributed by atoms with Gasteiger partial charge >= 0.3 is 0 Å².